The molecule has 0 amide bonds. The Balaban J connectivity index is 1.23. The fourth-order valence-corrected chi connectivity index (χ4v) is 5.46. The highest BCUT2D eigenvalue weighted by molar-refractivity contribution is 6.00. The third-order valence-corrected chi connectivity index (χ3v) is 7.54. The van der Waals surface area contributed by atoms with Gasteiger partial charge in [-0.2, -0.15) is 5.10 Å². The van der Waals surface area contributed by atoms with Crippen LogP contribution in [0, 0.1) is 5.82 Å². The number of nitrogens with zero attached hydrogens (tertiary/aromatic N) is 5. The Hall–Kier alpha value is -4.83. The Bertz CT molecular complexity index is 1860. The number of rotatable bonds is 8. The van der Waals surface area contributed by atoms with Crippen LogP contribution >= 0.6 is 0 Å². The van der Waals surface area contributed by atoms with E-state index in [0.29, 0.717) is 23.8 Å². The van der Waals surface area contributed by atoms with Crippen molar-refractivity contribution >= 4 is 21.9 Å². The summed E-state index contributed by atoms with van der Waals surface area (Å²) in [5.74, 6) is 0.832. The summed E-state index contributed by atoms with van der Waals surface area (Å²) in [4.78, 5) is 19.1. The van der Waals surface area contributed by atoms with Gasteiger partial charge in [0.05, 0.1) is 36.4 Å². The lowest BCUT2D eigenvalue weighted by atomic mass is 10.0. The monoisotopic (exact) mass is 549 g/mol. The first-order chi connectivity index (χ1) is 20.1. The summed E-state index contributed by atoms with van der Waals surface area (Å²) in [6, 6.07) is 12.6. The molecule has 0 bridgehead atoms. The fourth-order valence-electron chi connectivity index (χ4n) is 5.46. The molecular weight excluding hydrogens is 521 g/mol. The summed E-state index contributed by atoms with van der Waals surface area (Å²) in [5.41, 5.74) is 6.16. The number of fused-ring (bicyclic) bond motifs is 2. The number of nitrogens with one attached hydrogen (secondary N) is 2. The summed E-state index contributed by atoms with van der Waals surface area (Å²) in [5, 5.41) is 9.40. The van der Waals surface area contributed by atoms with Gasteiger partial charge in [0.25, 0.3) is 0 Å². The molecule has 7 rings (SSSR count). The maximum atomic E-state index is 14.7. The SMILES string of the molecule is COc1cncc(-c2cc3c(-c4cc5c(-c6cc(F)cc(OCCN7CCCC7)c6)ccnc5[nH]4)n[nH]c3cn2)c1. The first-order valence-electron chi connectivity index (χ1n) is 13.6. The van der Waals surface area contributed by atoms with Crippen LogP contribution < -0.4 is 9.47 Å². The Kier molecular flexibility index (Phi) is 6.52. The first-order valence-corrected chi connectivity index (χ1v) is 13.6. The van der Waals surface area contributed by atoms with E-state index in [0.717, 1.165) is 69.7 Å². The van der Waals surface area contributed by atoms with Crippen LogP contribution in [-0.2, 0) is 0 Å². The van der Waals surface area contributed by atoms with E-state index in [2.05, 4.69) is 35.0 Å². The van der Waals surface area contributed by atoms with Gasteiger partial charge >= 0.3 is 0 Å². The van der Waals surface area contributed by atoms with Crippen molar-refractivity contribution in [1.29, 1.82) is 0 Å². The van der Waals surface area contributed by atoms with Gasteiger partial charge in [-0.15, -0.1) is 0 Å². The van der Waals surface area contributed by atoms with Crippen molar-refractivity contribution in [2.24, 2.45) is 0 Å². The van der Waals surface area contributed by atoms with Crippen LogP contribution in [0.15, 0.2) is 67.3 Å². The second-order valence-corrected chi connectivity index (χ2v) is 10.2. The van der Waals surface area contributed by atoms with Crippen molar-refractivity contribution in [3.63, 3.8) is 0 Å². The minimum atomic E-state index is -0.343. The van der Waals surface area contributed by atoms with E-state index in [4.69, 9.17) is 9.47 Å². The van der Waals surface area contributed by atoms with E-state index in [1.54, 1.807) is 31.9 Å². The van der Waals surface area contributed by atoms with Gasteiger partial charge in [-0.05, 0) is 73.5 Å². The molecule has 6 heterocycles. The molecule has 2 N–H and O–H groups in total. The van der Waals surface area contributed by atoms with Crippen LogP contribution in [0.25, 0.3) is 55.7 Å². The van der Waals surface area contributed by atoms with Crippen molar-refractivity contribution in [2.75, 3.05) is 33.4 Å². The normalized spacial score (nSPS) is 13.8. The largest absolute Gasteiger partial charge is 0.495 e. The van der Waals surface area contributed by atoms with Crippen molar-refractivity contribution in [3.05, 3.63) is 73.1 Å². The van der Waals surface area contributed by atoms with Crippen LogP contribution in [0.2, 0.25) is 0 Å². The zero-order chi connectivity index (χ0) is 27.8. The van der Waals surface area contributed by atoms with E-state index in [1.807, 2.05) is 30.3 Å². The first kappa shape index (κ1) is 25.2. The molecule has 9 nitrogen and oxygen atoms in total. The third kappa shape index (κ3) is 4.98. The summed E-state index contributed by atoms with van der Waals surface area (Å²) in [6.45, 7) is 3.57. The van der Waals surface area contributed by atoms with Crippen LogP contribution in [0.1, 0.15) is 12.8 Å². The second kappa shape index (κ2) is 10.6. The van der Waals surface area contributed by atoms with Gasteiger partial charge < -0.3 is 14.5 Å². The number of hydrogen-bond donors (Lipinski definition) is 2. The molecule has 1 aliphatic heterocycles. The van der Waals surface area contributed by atoms with Gasteiger partial charge in [0.15, 0.2) is 0 Å². The van der Waals surface area contributed by atoms with Crippen molar-refractivity contribution in [3.8, 4) is 45.3 Å². The standard InChI is InChI=1S/C31H28FN7O2/c1-40-23-12-20(16-33-17-23)27-15-26-29(18-35-27)37-38-30(26)28-14-25-24(4-5-34-31(25)36-28)19-10-21(32)13-22(11-19)41-9-8-39-6-2-3-7-39/h4-5,10-18H,2-3,6-9H2,1H3,(H,34,36)(H,37,38). The molecule has 206 valence electrons. The molecule has 0 atom stereocenters. The Labute approximate surface area is 235 Å². The number of ether oxygens (including phenoxy) is 2. The van der Waals surface area contributed by atoms with E-state index in [1.165, 1.54) is 25.0 Å². The number of pyridine rings is 3. The predicted molar refractivity (Wildman–Crippen MR) is 155 cm³/mol. The minimum absolute atomic E-state index is 0.343. The molecule has 1 fully saturated rings. The highest BCUT2D eigenvalue weighted by Crippen LogP contribution is 2.35. The van der Waals surface area contributed by atoms with Gasteiger partial charge in [0.1, 0.15) is 35.3 Å². The number of benzene rings is 1. The Morgan fingerprint density at radius 3 is 2.68 bits per heavy atom. The number of methoxy groups -OCH3 is 1. The Morgan fingerprint density at radius 1 is 0.927 bits per heavy atom. The average Bonchev–Trinajstić information content (AvgIpc) is 3.76. The van der Waals surface area contributed by atoms with Crippen molar-refractivity contribution in [1.82, 2.24) is 35.0 Å². The van der Waals surface area contributed by atoms with Crippen LogP contribution in [0.5, 0.6) is 11.5 Å². The van der Waals surface area contributed by atoms with Crippen LogP contribution in [-0.4, -0.2) is 68.4 Å². The summed E-state index contributed by atoms with van der Waals surface area (Å²) >= 11 is 0. The lowest BCUT2D eigenvalue weighted by Crippen LogP contribution is -2.25. The van der Waals surface area contributed by atoms with Crippen molar-refractivity contribution < 1.29 is 13.9 Å². The molecule has 10 heteroatoms. The van der Waals surface area contributed by atoms with E-state index in [-0.39, 0.29) is 5.82 Å². The third-order valence-electron chi connectivity index (χ3n) is 7.54. The average molecular weight is 550 g/mol. The second-order valence-electron chi connectivity index (χ2n) is 10.2. The van der Waals surface area contributed by atoms with Gasteiger partial charge in [-0.25, -0.2) is 9.37 Å². The molecule has 1 saturated heterocycles. The molecule has 1 aliphatic rings. The van der Waals surface area contributed by atoms with Crippen LogP contribution in [0.4, 0.5) is 4.39 Å². The molecule has 0 radical (unpaired) electrons. The van der Waals surface area contributed by atoms with Crippen LogP contribution in [0.3, 0.4) is 0 Å². The molecule has 5 aromatic heterocycles. The number of aromatic amines is 2. The van der Waals surface area contributed by atoms with E-state index < -0.39 is 0 Å². The number of aromatic nitrogens is 6. The van der Waals surface area contributed by atoms with E-state index >= 15 is 0 Å². The molecule has 0 saturated carbocycles. The highest BCUT2D eigenvalue weighted by atomic mass is 19.1. The Morgan fingerprint density at radius 2 is 1.80 bits per heavy atom. The van der Waals surface area contributed by atoms with Gasteiger partial charge in [-0.3, -0.25) is 20.0 Å². The number of H-pyrrole nitrogens is 2. The quantitative estimate of drug-likeness (QED) is 0.245. The molecule has 41 heavy (non-hydrogen) atoms. The molecule has 0 unspecified atom stereocenters. The maximum absolute atomic E-state index is 14.7. The maximum Gasteiger partial charge on any atom is 0.138 e. The summed E-state index contributed by atoms with van der Waals surface area (Å²) < 4.78 is 26.0. The molecule has 0 aliphatic carbocycles. The van der Waals surface area contributed by atoms with Gasteiger partial charge in [0, 0.05) is 41.3 Å². The number of likely N-dealkylation sites (tertiary alicyclic amines) is 1. The predicted octanol–water partition coefficient (Wildman–Crippen LogP) is 5.85. The molecule has 6 aromatic rings. The molecule has 0 spiro atoms. The number of hydrogen-bond acceptors (Lipinski definition) is 7. The summed E-state index contributed by atoms with van der Waals surface area (Å²) in [6.07, 6.45) is 9.34. The smallest absolute Gasteiger partial charge is 0.138 e. The van der Waals surface area contributed by atoms with Crippen molar-refractivity contribution in [2.45, 2.75) is 12.8 Å². The lowest BCUT2D eigenvalue weighted by molar-refractivity contribution is 0.237. The summed E-state index contributed by atoms with van der Waals surface area (Å²) in [7, 11) is 1.61. The van der Waals surface area contributed by atoms with Gasteiger partial charge in [0.2, 0.25) is 0 Å². The number of halogens is 1. The molecular formula is C31H28FN7O2. The lowest BCUT2D eigenvalue weighted by Gasteiger charge is -2.15. The molecule has 1 aromatic carbocycles. The zero-order valence-electron chi connectivity index (χ0n) is 22.5. The fraction of sp³-hybridized carbons (Fsp3) is 0.226. The topological polar surface area (TPSA) is 105 Å². The van der Waals surface area contributed by atoms with E-state index in [9.17, 15) is 4.39 Å². The van der Waals surface area contributed by atoms with Gasteiger partial charge in [-0.1, -0.05) is 0 Å². The highest BCUT2D eigenvalue weighted by Gasteiger charge is 2.17. The zero-order valence-corrected chi connectivity index (χ0v) is 22.5. The minimum Gasteiger partial charge on any atom is -0.495 e.